The highest BCUT2D eigenvalue weighted by molar-refractivity contribution is 9.10. The van der Waals surface area contributed by atoms with E-state index in [-0.39, 0.29) is 25.3 Å². The molecular formula is C19H15BrF2N4O3. The van der Waals surface area contributed by atoms with Gasteiger partial charge in [0, 0.05) is 16.1 Å². The molecule has 1 aromatic heterocycles. The van der Waals surface area contributed by atoms with E-state index in [0.29, 0.717) is 22.0 Å². The van der Waals surface area contributed by atoms with Gasteiger partial charge in [-0.3, -0.25) is 4.79 Å². The largest absolute Gasteiger partial charge is 0.482 e. The van der Waals surface area contributed by atoms with Gasteiger partial charge in [-0.25, -0.2) is 18.4 Å². The van der Waals surface area contributed by atoms with E-state index in [1.807, 2.05) is 0 Å². The number of aliphatic hydroxyl groups is 1. The molecule has 2 aromatic carbocycles. The molecule has 1 unspecified atom stereocenters. The smallest absolute Gasteiger partial charge is 0.265 e. The van der Waals surface area contributed by atoms with Crippen LogP contribution in [0.5, 0.6) is 5.75 Å². The first kappa shape index (κ1) is 19.5. The molecule has 4 rings (SSSR count). The van der Waals surface area contributed by atoms with Gasteiger partial charge < -0.3 is 14.7 Å². The van der Waals surface area contributed by atoms with Gasteiger partial charge in [-0.2, -0.15) is 5.10 Å². The Hall–Kier alpha value is -2.85. The fraction of sp³-hybridized carbons (Fsp3) is 0.211. The lowest BCUT2D eigenvalue weighted by Gasteiger charge is -2.37. The van der Waals surface area contributed by atoms with E-state index in [0.717, 1.165) is 12.1 Å². The molecule has 1 aliphatic heterocycles. The van der Waals surface area contributed by atoms with Gasteiger partial charge in [0.15, 0.2) is 6.61 Å². The summed E-state index contributed by atoms with van der Waals surface area (Å²) in [6.45, 7) is -0.732. The number of aromatic nitrogens is 3. The van der Waals surface area contributed by atoms with Crippen molar-refractivity contribution in [1.82, 2.24) is 14.8 Å². The highest BCUT2D eigenvalue weighted by atomic mass is 79.9. The highest BCUT2D eigenvalue weighted by Gasteiger charge is 2.39. The average Bonchev–Trinajstić information content (AvgIpc) is 3.17. The first-order chi connectivity index (χ1) is 13.9. The minimum absolute atomic E-state index is 0.162. The number of hydrogen-bond donors (Lipinski definition) is 1. The van der Waals surface area contributed by atoms with Gasteiger partial charge in [-0.1, -0.05) is 22.0 Å². The molecule has 0 fully saturated rings. The number of hydrogen-bond acceptors (Lipinski definition) is 5. The summed E-state index contributed by atoms with van der Waals surface area (Å²) in [6, 6.07) is 8.02. The van der Waals surface area contributed by atoms with Gasteiger partial charge in [-0.15, -0.1) is 0 Å². The molecule has 2 heterocycles. The fourth-order valence-electron chi connectivity index (χ4n) is 3.28. The number of rotatable bonds is 5. The zero-order chi connectivity index (χ0) is 20.6. The molecule has 10 heteroatoms. The Labute approximate surface area is 172 Å². The molecule has 29 heavy (non-hydrogen) atoms. The third kappa shape index (κ3) is 3.85. The lowest BCUT2D eigenvalue weighted by molar-refractivity contribution is -0.122. The molecule has 0 bridgehead atoms. The van der Waals surface area contributed by atoms with Crippen molar-refractivity contribution >= 4 is 27.5 Å². The number of carbonyl (C=O) groups excluding carboxylic acids is 1. The van der Waals surface area contributed by atoms with Crippen LogP contribution in [0.2, 0.25) is 0 Å². The van der Waals surface area contributed by atoms with Crippen LogP contribution in [0.3, 0.4) is 0 Å². The molecule has 0 saturated heterocycles. The number of benzene rings is 2. The van der Waals surface area contributed by atoms with E-state index in [1.165, 1.54) is 22.2 Å². The van der Waals surface area contributed by atoms with Crippen LogP contribution in [-0.2, 0) is 16.9 Å². The maximum atomic E-state index is 14.6. The summed E-state index contributed by atoms with van der Waals surface area (Å²) in [4.78, 5) is 17.8. The zero-order valence-electron chi connectivity index (χ0n) is 14.9. The van der Waals surface area contributed by atoms with Crippen molar-refractivity contribution in [2.45, 2.75) is 12.1 Å². The summed E-state index contributed by atoms with van der Waals surface area (Å²) >= 11 is 3.35. The highest BCUT2D eigenvalue weighted by Crippen LogP contribution is 2.37. The molecule has 1 amide bonds. The Morgan fingerprint density at radius 2 is 2.03 bits per heavy atom. The number of anilines is 1. The van der Waals surface area contributed by atoms with E-state index in [9.17, 15) is 18.7 Å². The standard InChI is InChI=1S/C19H15BrF2N4O3/c20-12-1-4-17-16(5-12)26(18(27)7-29-17)9-19(28,8-25-11-23-10-24-25)14-3-2-13(21)6-15(14)22/h1-6,10-11,28H,7-9H2. The van der Waals surface area contributed by atoms with E-state index in [4.69, 9.17) is 4.74 Å². The number of ether oxygens (including phenoxy) is 1. The van der Waals surface area contributed by atoms with Crippen LogP contribution in [0, 0.1) is 11.6 Å². The van der Waals surface area contributed by atoms with E-state index in [1.54, 1.807) is 18.2 Å². The zero-order valence-corrected chi connectivity index (χ0v) is 16.5. The maximum absolute atomic E-state index is 14.6. The van der Waals surface area contributed by atoms with Crippen LogP contribution in [0.25, 0.3) is 0 Å². The van der Waals surface area contributed by atoms with Crippen molar-refractivity contribution < 1.29 is 23.4 Å². The van der Waals surface area contributed by atoms with Crippen LogP contribution >= 0.6 is 15.9 Å². The molecule has 1 atom stereocenters. The number of halogens is 3. The Morgan fingerprint density at radius 1 is 1.21 bits per heavy atom. The first-order valence-corrected chi connectivity index (χ1v) is 9.38. The van der Waals surface area contributed by atoms with Crippen LogP contribution in [0.1, 0.15) is 5.56 Å². The summed E-state index contributed by atoms with van der Waals surface area (Å²) in [5.74, 6) is -1.65. The first-order valence-electron chi connectivity index (χ1n) is 8.59. The van der Waals surface area contributed by atoms with Crippen LogP contribution in [0.15, 0.2) is 53.5 Å². The predicted octanol–water partition coefficient (Wildman–Crippen LogP) is 2.63. The van der Waals surface area contributed by atoms with Crippen molar-refractivity contribution in [2.24, 2.45) is 0 Å². The molecule has 7 nitrogen and oxygen atoms in total. The van der Waals surface area contributed by atoms with E-state index < -0.39 is 23.1 Å². The van der Waals surface area contributed by atoms with Gasteiger partial charge in [0.05, 0.1) is 18.8 Å². The monoisotopic (exact) mass is 464 g/mol. The summed E-state index contributed by atoms with van der Waals surface area (Å²) in [7, 11) is 0. The van der Waals surface area contributed by atoms with Crippen molar-refractivity contribution in [1.29, 1.82) is 0 Å². The van der Waals surface area contributed by atoms with Crippen LogP contribution in [-0.4, -0.2) is 38.9 Å². The van der Waals surface area contributed by atoms with Gasteiger partial charge in [0.2, 0.25) is 0 Å². The van der Waals surface area contributed by atoms with Gasteiger partial charge in [0.1, 0.15) is 35.6 Å². The Morgan fingerprint density at radius 3 is 2.76 bits per heavy atom. The predicted molar refractivity (Wildman–Crippen MR) is 102 cm³/mol. The number of amides is 1. The SMILES string of the molecule is O=C1COc2ccc(Br)cc2N1CC(O)(Cn1cncn1)c1ccc(F)cc1F. The second kappa shape index (κ2) is 7.53. The number of carbonyl (C=O) groups is 1. The fourth-order valence-corrected chi connectivity index (χ4v) is 3.63. The van der Waals surface area contributed by atoms with Crippen LogP contribution < -0.4 is 9.64 Å². The summed E-state index contributed by atoms with van der Waals surface area (Å²) < 4.78 is 35.5. The summed E-state index contributed by atoms with van der Waals surface area (Å²) in [5, 5.41) is 15.5. The lowest BCUT2D eigenvalue weighted by Crippen LogP contribution is -2.50. The Kier molecular flexibility index (Phi) is 5.05. The minimum atomic E-state index is -1.92. The molecule has 150 valence electrons. The molecule has 3 aromatic rings. The molecule has 0 saturated carbocycles. The second-order valence-corrected chi connectivity index (χ2v) is 7.55. The van der Waals surface area contributed by atoms with Gasteiger partial charge in [-0.05, 0) is 24.3 Å². The van der Waals surface area contributed by atoms with Crippen molar-refractivity contribution in [3.63, 3.8) is 0 Å². The average molecular weight is 465 g/mol. The lowest BCUT2D eigenvalue weighted by atomic mass is 9.91. The Balaban J connectivity index is 1.78. The Bertz CT molecular complexity index is 1060. The molecule has 0 spiro atoms. The second-order valence-electron chi connectivity index (χ2n) is 6.63. The van der Waals surface area contributed by atoms with E-state index in [2.05, 4.69) is 26.0 Å². The number of nitrogens with zero attached hydrogens (tertiary/aromatic N) is 4. The maximum Gasteiger partial charge on any atom is 0.265 e. The summed E-state index contributed by atoms with van der Waals surface area (Å²) in [6.07, 6.45) is 2.63. The quantitative estimate of drug-likeness (QED) is 0.627. The number of β-amino-alcohol motifs (C(OH)–C–C–N with tert-alkyl or cyclic N) is 1. The molecule has 0 aliphatic carbocycles. The topological polar surface area (TPSA) is 80.5 Å². The number of fused-ring (bicyclic) bond motifs is 1. The van der Waals surface area contributed by atoms with Gasteiger partial charge in [0.25, 0.3) is 5.91 Å². The normalized spacial score (nSPS) is 15.6. The minimum Gasteiger partial charge on any atom is -0.482 e. The van der Waals surface area contributed by atoms with Crippen molar-refractivity contribution in [3.05, 3.63) is 70.7 Å². The molecule has 0 radical (unpaired) electrons. The third-order valence-electron chi connectivity index (χ3n) is 4.61. The van der Waals surface area contributed by atoms with Crippen LogP contribution in [0.4, 0.5) is 14.5 Å². The molecule has 1 aliphatic rings. The summed E-state index contributed by atoms with van der Waals surface area (Å²) in [5.41, 5.74) is -1.65. The van der Waals surface area contributed by atoms with Gasteiger partial charge >= 0.3 is 0 Å². The third-order valence-corrected chi connectivity index (χ3v) is 5.10. The molecular weight excluding hydrogens is 450 g/mol. The molecule has 1 N–H and O–H groups in total. The van der Waals surface area contributed by atoms with E-state index >= 15 is 0 Å². The van der Waals surface area contributed by atoms with Crippen molar-refractivity contribution in [2.75, 3.05) is 18.1 Å². The van der Waals surface area contributed by atoms with Crippen molar-refractivity contribution in [3.8, 4) is 5.75 Å².